The standard InChI is InChI=1S/C12H13F4NO.ClH/c13-11-2-1-9(18-12(14,15)16)7-10(11)8-3-5-17-6-4-8;/h1-2,7-8,17H,3-6H2;1H. The summed E-state index contributed by atoms with van der Waals surface area (Å²) >= 11 is 0. The molecule has 0 aromatic heterocycles. The normalized spacial score (nSPS) is 16.8. The summed E-state index contributed by atoms with van der Waals surface area (Å²) in [6.07, 6.45) is -3.32. The first-order valence-corrected chi connectivity index (χ1v) is 5.71. The average molecular weight is 300 g/mol. The summed E-state index contributed by atoms with van der Waals surface area (Å²) in [5.74, 6) is -0.892. The predicted octanol–water partition coefficient (Wildman–Crippen LogP) is 3.61. The van der Waals surface area contributed by atoms with Crippen molar-refractivity contribution < 1.29 is 22.3 Å². The van der Waals surface area contributed by atoms with Gasteiger partial charge in [-0.1, -0.05) is 0 Å². The highest BCUT2D eigenvalue weighted by atomic mass is 35.5. The second-order valence-electron chi connectivity index (χ2n) is 4.26. The van der Waals surface area contributed by atoms with Gasteiger partial charge >= 0.3 is 6.36 Å². The van der Waals surface area contributed by atoms with E-state index in [1.165, 1.54) is 0 Å². The van der Waals surface area contributed by atoms with Crippen LogP contribution in [0.25, 0.3) is 0 Å². The largest absolute Gasteiger partial charge is 0.573 e. The van der Waals surface area contributed by atoms with Crippen molar-refractivity contribution in [3.05, 3.63) is 29.6 Å². The van der Waals surface area contributed by atoms with Gasteiger partial charge in [-0.15, -0.1) is 25.6 Å². The molecule has 0 bridgehead atoms. The third-order valence-corrected chi connectivity index (χ3v) is 2.98. The molecular weight excluding hydrogens is 286 g/mol. The molecule has 0 unspecified atom stereocenters. The summed E-state index contributed by atoms with van der Waals surface area (Å²) in [5, 5.41) is 3.12. The van der Waals surface area contributed by atoms with Gasteiger partial charge in [-0.05, 0) is 55.6 Å². The number of hydrogen-bond donors (Lipinski definition) is 1. The van der Waals surface area contributed by atoms with Gasteiger partial charge in [0, 0.05) is 0 Å². The van der Waals surface area contributed by atoms with Gasteiger partial charge in [0.2, 0.25) is 0 Å². The van der Waals surface area contributed by atoms with Crippen LogP contribution < -0.4 is 10.1 Å². The summed E-state index contributed by atoms with van der Waals surface area (Å²) in [6, 6.07) is 3.17. The summed E-state index contributed by atoms with van der Waals surface area (Å²) in [7, 11) is 0. The molecule has 1 fully saturated rings. The Bertz CT molecular complexity index is 419. The van der Waals surface area contributed by atoms with Crippen molar-refractivity contribution in [3.8, 4) is 5.75 Å². The molecule has 2 nitrogen and oxygen atoms in total. The number of hydrogen-bond acceptors (Lipinski definition) is 2. The van der Waals surface area contributed by atoms with Crippen LogP contribution in [0.4, 0.5) is 17.6 Å². The summed E-state index contributed by atoms with van der Waals surface area (Å²) in [6.45, 7) is 1.49. The quantitative estimate of drug-likeness (QED) is 0.842. The van der Waals surface area contributed by atoms with Gasteiger partial charge in [0.15, 0.2) is 0 Å². The molecule has 2 rings (SSSR count). The molecule has 0 saturated carbocycles. The number of piperidine rings is 1. The smallest absolute Gasteiger partial charge is 0.406 e. The van der Waals surface area contributed by atoms with Gasteiger partial charge in [-0.2, -0.15) is 0 Å². The molecule has 7 heteroatoms. The second kappa shape index (κ2) is 6.43. The topological polar surface area (TPSA) is 21.3 Å². The van der Waals surface area contributed by atoms with Gasteiger partial charge < -0.3 is 10.1 Å². The van der Waals surface area contributed by atoms with E-state index in [0.29, 0.717) is 18.4 Å². The molecule has 0 amide bonds. The van der Waals surface area contributed by atoms with Crippen molar-refractivity contribution in [2.24, 2.45) is 0 Å². The van der Waals surface area contributed by atoms with Crippen LogP contribution in [-0.4, -0.2) is 19.5 Å². The minimum absolute atomic E-state index is 0. The summed E-state index contributed by atoms with van der Waals surface area (Å²) < 4.78 is 53.7. The number of alkyl halides is 3. The minimum Gasteiger partial charge on any atom is -0.406 e. The molecule has 1 saturated heterocycles. The molecule has 0 spiro atoms. The number of nitrogens with one attached hydrogen (secondary N) is 1. The van der Waals surface area contributed by atoms with E-state index < -0.39 is 12.2 Å². The molecule has 1 aliphatic rings. The maximum atomic E-state index is 13.6. The molecule has 19 heavy (non-hydrogen) atoms. The van der Waals surface area contributed by atoms with Crippen LogP contribution in [0.5, 0.6) is 5.75 Å². The fourth-order valence-corrected chi connectivity index (χ4v) is 2.16. The minimum atomic E-state index is -4.75. The molecule has 1 aromatic carbocycles. The molecule has 1 heterocycles. The zero-order chi connectivity index (χ0) is 13.2. The maximum Gasteiger partial charge on any atom is 0.573 e. The number of benzene rings is 1. The Morgan fingerprint density at radius 3 is 2.37 bits per heavy atom. The van der Waals surface area contributed by atoms with Crippen LogP contribution in [-0.2, 0) is 0 Å². The van der Waals surface area contributed by atoms with E-state index in [2.05, 4.69) is 10.1 Å². The van der Waals surface area contributed by atoms with Gasteiger partial charge in [-0.25, -0.2) is 4.39 Å². The fraction of sp³-hybridized carbons (Fsp3) is 0.500. The van der Waals surface area contributed by atoms with Crippen LogP contribution in [0.15, 0.2) is 18.2 Å². The highest BCUT2D eigenvalue weighted by Gasteiger charge is 2.31. The summed E-state index contributed by atoms with van der Waals surface area (Å²) in [4.78, 5) is 0. The van der Waals surface area contributed by atoms with Crippen molar-refractivity contribution >= 4 is 12.4 Å². The molecule has 0 atom stereocenters. The zero-order valence-electron chi connectivity index (χ0n) is 9.97. The Hall–Kier alpha value is -1.01. The van der Waals surface area contributed by atoms with Crippen molar-refractivity contribution in [1.29, 1.82) is 0 Å². The van der Waals surface area contributed by atoms with Crippen LogP contribution in [0.2, 0.25) is 0 Å². The lowest BCUT2D eigenvalue weighted by Gasteiger charge is -2.23. The van der Waals surface area contributed by atoms with E-state index in [9.17, 15) is 17.6 Å². The van der Waals surface area contributed by atoms with E-state index in [1.807, 2.05) is 0 Å². The Labute approximate surface area is 114 Å². The molecule has 1 N–H and O–H groups in total. The first kappa shape index (κ1) is 16.0. The molecular formula is C12H14ClF4NO. The Morgan fingerprint density at radius 2 is 1.79 bits per heavy atom. The van der Waals surface area contributed by atoms with E-state index in [4.69, 9.17) is 0 Å². The number of rotatable bonds is 2. The maximum absolute atomic E-state index is 13.6. The van der Waals surface area contributed by atoms with Gasteiger partial charge in [0.25, 0.3) is 0 Å². The van der Waals surface area contributed by atoms with Crippen molar-refractivity contribution in [3.63, 3.8) is 0 Å². The number of ether oxygens (including phenoxy) is 1. The highest BCUT2D eigenvalue weighted by molar-refractivity contribution is 5.85. The lowest BCUT2D eigenvalue weighted by atomic mass is 9.90. The Balaban J connectivity index is 0.00000180. The molecule has 1 aliphatic heterocycles. The number of halogens is 5. The predicted molar refractivity (Wildman–Crippen MR) is 65.2 cm³/mol. The lowest BCUT2D eigenvalue weighted by molar-refractivity contribution is -0.274. The Kier molecular flexibility index (Phi) is 5.43. The summed E-state index contributed by atoms with van der Waals surface area (Å²) in [5.41, 5.74) is 0.304. The van der Waals surface area contributed by atoms with Crippen LogP contribution in [0, 0.1) is 5.82 Å². The molecule has 1 aromatic rings. The SMILES string of the molecule is Cl.Fc1ccc(OC(F)(F)F)cc1C1CCNCC1. The molecule has 108 valence electrons. The van der Waals surface area contributed by atoms with Gasteiger partial charge in [-0.3, -0.25) is 0 Å². The average Bonchev–Trinajstić information content (AvgIpc) is 2.31. The van der Waals surface area contributed by atoms with Gasteiger partial charge in [0.05, 0.1) is 0 Å². The van der Waals surface area contributed by atoms with E-state index >= 15 is 0 Å². The molecule has 0 radical (unpaired) electrons. The third-order valence-electron chi connectivity index (χ3n) is 2.98. The van der Waals surface area contributed by atoms with Gasteiger partial charge in [0.1, 0.15) is 11.6 Å². The lowest BCUT2D eigenvalue weighted by Crippen LogP contribution is -2.27. The van der Waals surface area contributed by atoms with Crippen LogP contribution in [0.1, 0.15) is 24.3 Å². The third kappa shape index (κ3) is 4.54. The van der Waals surface area contributed by atoms with Crippen LogP contribution in [0.3, 0.4) is 0 Å². The highest BCUT2D eigenvalue weighted by Crippen LogP contribution is 2.32. The van der Waals surface area contributed by atoms with Crippen molar-refractivity contribution in [2.75, 3.05) is 13.1 Å². The van der Waals surface area contributed by atoms with Crippen molar-refractivity contribution in [1.82, 2.24) is 5.32 Å². The first-order valence-electron chi connectivity index (χ1n) is 5.71. The van der Waals surface area contributed by atoms with Crippen molar-refractivity contribution in [2.45, 2.75) is 25.1 Å². The first-order chi connectivity index (χ1) is 8.46. The van der Waals surface area contributed by atoms with E-state index in [0.717, 1.165) is 31.3 Å². The van der Waals surface area contributed by atoms with E-state index in [1.54, 1.807) is 0 Å². The van der Waals surface area contributed by atoms with Crippen LogP contribution >= 0.6 is 12.4 Å². The monoisotopic (exact) mass is 299 g/mol. The Morgan fingerprint density at radius 1 is 1.16 bits per heavy atom. The molecule has 0 aliphatic carbocycles. The fourth-order valence-electron chi connectivity index (χ4n) is 2.16. The second-order valence-corrected chi connectivity index (χ2v) is 4.26. The van der Waals surface area contributed by atoms with E-state index in [-0.39, 0.29) is 24.1 Å². The zero-order valence-corrected chi connectivity index (χ0v) is 10.8.